The summed E-state index contributed by atoms with van der Waals surface area (Å²) >= 11 is 0. The molecule has 0 unspecified atom stereocenters. The van der Waals surface area contributed by atoms with E-state index in [2.05, 4.69) is 6.58 Å². The molecule has 1 aromatic carbocycles. The van der Waals surface area contributed by atoms with Crippen LogP contribution >= 0.6 is 0 Å². The van der Waals surface area contributed by atoms with Gasteiger partial charge in [-0.05, 0) is 13.8 Å². The van der Waals surface area contributed by atoms with Crippen molar-refractivity contribution >= 4 is 6.79 Å². The van der Waals surface area contributed by atoms with E-state index in [1.165, 1.54) is 0 Å². The van der Waals surface area contributed by atoms with E-state index in [0.29, 0.717) is 19.6 Å². The van der Waals surface area contributed by atoms with Crippen LogP contribution in [0.15, 0.2) is 18.2 Å². The van der Waals surface area contributed by atoms with Gasteiger partial charge in [0.25, 0.3) is 0 Å². The van der Waals surface area contributed by atoms with Crippen molar-refractivity contribution in [1.29, 1.82) is 0 Å². The summed E-state index contributed by atoms with van der Waals surface area (Å²) in [4.78, 5) is 8.00. The highest BCUT2D eigenvalue weighted by Gasteiger charge is 2.23. The zero-order valence-electron chi connectivity index (χ0n) is 13.5. The van der Waals surface area contributed by atoms with Crippen molar-refractivity contribution in [2.45, 2.75) is 40.5 Å². The smallest absolute Gasteiger partial charge is 0.133 e. The molecule has 118 valence electrons. The van der Waals surface area contributed by atoms with Crippen molar-refractivity contribution in [3.8, 4) is 17.2 Å². The van der Waals surface area contributed by atoms with E-state index in [9.17, 15) is 5.11 Å². The summed E-state index contributed by atoms with van der Waals surface area (Å²) in [6, 6.07) is 1.68. The van der Waals surface area contributed by atoms with Crippen molar-refractivity contribution in [1.82, 2.24) is 0 Å². The normalized spacial score (nSPS) is 11.0. The van der Waals surface area contributed by atoms with E-state index < -0.39 is 0 Å². The lowest BCUT2D eigenvalue weighted by Gasteiger charge is -2.15. The minimum Gasteiger partial charge on any atom is -0.507 e. The van der Waals surface area contributed by atoms with E-state index in [1.807, 2.05) is 34.5 Å². The molecule has 4 heteroatoms. The van der Waals surface area contributed by atoms with Gasteiger partial charge in [-0.15, -0.1) is 0 Å². The van der Waals surface area contributed by atoms with Crippen LogP contribution in [0.4, 0.5) is 0 Å². The van der Waals surface area contributed by atoms with Crippen LogP contribution in [0.5, 0.6) is 17.2 Å². The van der Waals surface area contributed by atoms with Crippen molar-refractivity contribution in [2.75, 3.05) is 13.2 Å². The number of rotatable bonds is 4. The molecular weight excluding hydrogens is 268 g/mol. The number of phenols is 1. The maximum atomic E-state index is 10.0. The minimum absolute atomic E-state index is 0.233. The van der Waals surface area contributed by atoms with Crippen LogP contribution in [0.25, 0.3) is 0 Å². The Morgan fingerprint density at radius 3 is 2.57 bits per heavy atom. The van der Waals surface area contributed by atoms with Crippen molar-refractivity contribution in [3.05, 3.63) is 29.3 Å². The molecule has 0 radical (unpaired) electrons. The van der Waals surface area contributed by atoms with Gasteiger partial charge >= 0.3 is 0 Å². The topological polar surface area (TPSA) is 55.8 Å². The van der Waals surface area contributed by atoms with E-state index >= 15 is 0 Å². The average molecular weight is 294 g/mol. The number of hydrogen-bond acceptors (Lipinski definition) is 4. The number of phenolic OH excluding ortho intramolecular Hbond substituents is 1. The van der Waals surface area contributed by atoms with E-state index in [4.69, 9.17) is 14.3 Å². The molecule has 0 saturated carbocycles. The van der Waals surface area contributed by atoms with Gasteiger partial charge in [0, 0.05) is 30.0 Å². The van der Waals surface area contributed by atoms with Gasteiger partial charge in [-0.1, -0.05) is 26.0 Å². The first kappa shape index (κ1) is 19.0. The standard InChI is InChI=1S/C14H18O3.C2H6.CH2O/c1-4-16-14-10-5-6-17-13(10)8-12(15)11(14)7-9(2)3;2*1-2/h8,15H,2,4-7H2,1,3H3;1-2H3;1H2. The first-order valence-electron chi connectivity index (χ1n) is 7.20. The fourth-order valence-corrected chi connectivity index (χ4v) is 2.13. The molecule has 1 aromatic rings. The predicted molar refractivity (Wildman–Crippen MR) is 85.5 cm³/mol. The molecule has 1 N–H and O–H groups in total. The van der Waals surface area contributed by atoms with Gasteiger partial charge in [0.2, 0.25) is 0 Å². The van der Waals surface area contributed by atoms with Crippen molar-refractivity contribution in [3.63, 3.8) is 0 Å². The Hall–Kier alpha value is -1.97. The Bertz CT molecular complexity index is 466. The van der Waals surface area contributed by atoms with Gasteiger partial charge in [-0.2, -0.15) is 0 Å². The summed E-state index contributed by atoms with van der Waals surface area (Å²) in [5, 5.41) is 10.0. The molecule has 0 aliphatic carbocycles. The Kier molecular flexibility index (Phi) is 8.93. The Morgan fingerprint density at radius 2 is 2.05 bits per heavy atom. The number of ether oxygens (including phenoxy) is 2. The lowest BCUT2D eigenvalue weighted by Crippen LogP contribution is -2.01. The first-order valence-corrected chi connectivity index (χ1v) is 7.20. The molecule has 4 nitrogen and oxygen atoms in total. The number of carbonyl (C=O) groups excluding carboxylic acids is 1. The maximum absolute atomic E-state index is 10.0. The Labute approximate surface area is 127 Å². The lowest BCUT2D eigenvalue weighted by atomic mass is 10.00. The molecule has 0 aromatic heterocycles. The van der Waals surface area contributed by atoms with Crippen LogP contribution in [-0.2, 0) is 17.6 Å². The summed E-state index contributed by atoms with van der Waals surface area (Å²) in [7, 11) is 0. The average Bonchev–Trinajstić information content (AvgIpc) is 2.94. The quantitative estimate of drug-likeness (QED) is 0.861. The first-order chi connectivity index (χ1) is 10.1. The number of aromatic hydroxyl groups is 1. The molecule has 0 saturated heterocycles. The molecular formula is C17H26O4. The number of allylic oxidation sites excluding steroid dienone is 1. The molecule has 0 atom stereocenters. The zero-order valence-corrected chi connectivity index (χ0v) is 13.5. The van der Waals surface area contributed by atoms with Gasteiger partial charge in [0.15, 0.2) is 0 Å². The second-order valence-electron chi connectivity index (χ2n) is 4.35. The highest BCUT2D eigenvalue weighted by Crippen LogP contribution is 2.42. The van der Waals surface area contributed by atoms with Gasteiger partial charge in [-0.25, -0.2) is 0 Å². The highest BCUT2D eigenvalue weighted by atomic mass is 16.5. The zero-order chi connectivity index (χ0) is 16.4. The van der Waals surface area contributed by atoms with Gasteiger partial charge in [0.1, 0.15) is 24.0 Å². The van der Waals surface area contributed by atoms with Crippen LogP contribution in [0.1, 0.15) is 38.8 Å². The largest absolute Gasteiger partial charge is 0.507 e. The maximum Gasteiger partial charge on any atom is 0.133 e. The molecule has 0 spiro atoms. The molecule has 2 rings (SSSR count). The molecule has 1 aliphatic rings. The van der Waals surface area contributed by atoms with Crippen LogP contribution in [0.3, 0.4) is 0 Å². The highest BCUT2D eigenvalue weighted by molar-refractivity contribution is 5.59. The molecule has 1 aliphatic heterocycles. The van der Waals surface area contributed by atoms with Crippen LogP contribution in [0.2, 0.25) is 0 Å². The van der Waals surface area contributed by atoms with Gasteiger partial charge in [0.05, 0.1) is 13.2 Å². The summed E-state index contributed by atoms with van der Waals surface area (Å²) < 4.78 is 11.1. The monoisotopic (exact) mass is 294 g/mol. The lowest BCUT2D eigenvalue weighted by molar-refractivity contribution is -0.0979. The van der Waals surface area contributed by atoms with Crippen LogP contribution in [0, 0.1) is 0 Å². The molecule has 21 heavy (non-hydrogen) atoms. The van der Waals surface area contributed by atoms with E-state index in [1.54, 1.807) is 6.07 Å². The SMILES string of the molecule is C=C(C)Cc1c(O)cc2c(c1OCC)CCO2.C=O.CC. The van der Waals surface area contributed by atoms with Gasteiger partial charge in [-0.3, -0.25) is 0 Å². The Balaban J connectivity index is 0.000000921. The number of fused-ring (bicyclic) bond motifs is 1. The number of benzene rings is 1. The number of carbonyl (C=O) groups is 1. The fourth-order valence-electron chi connectivity index (χ4n) is 2.13. The Morgan fingerprint density at radius 1 is 1.43 bits per heavy atom. The van der Waals surface area contributed by atoms with Gasteiger partial charge < -0.3 is 19.4 Å². The molecule has 0 bridgehead atoms. The third-order valence-electron chi connectivity index (χ3n) is 2.80. The minimum atomic E-state index is 0.233. The second-order valence-corrected chi connectivity index (χ2v) is 4.35. The van der Waals surface area contributed by atoms with Crippen molar-refractivity contribution in [2.24, 2.45) is 0 Å². The third-order valence-corrected chi connectivity index (χ3v) is 2.80. The third kappa shape index (κ3) is 4.81. The molecule has 1 heterocycles. The summed E-state index contributed by atoms with van der Waals surface area (Å²) in [5.74, 6) is 1.76. The molecule has 0 amide bonds. The second kappa shape index (κ2) is 9.86. The summed E-state index contributed by atoms with van der Waals surface area (Å²) in [5.41, 5.74) is 2.89. The molecule has 0 fully saturated rings. The van der Waals surface area contributed by atoms with E-state index in [0.717, 1.165) is 34.6 Å². The predicted octanol–water partition coefficient (Wildman–Crippen LogP) is 3.69. The van der Waals surface area contributed by atoms with Crippen LogP contribution < -0.4 is 9.47 Å². The summed E-state index contributed by atoms with van der Waals surface area (Å²) in [6.45, 7) is 15.0. The number of hydrogen-bond donors (Lipinski definition) is 1. The van der Waals surface area contributed by atoms with Crippen molar-refractivity contribution < 1.29 is 19.4 Å². The summed E-state index contributed by atoms with van der Waals surface area (Å²) in [6.07, 6.45) is 1.47. The van der Waals surface area contributed by atoms with Crippen LogP contribution in [-0.4, -0.2) is 25.1 Å². The fraction of sp³-hybridized carbons (Fsp3) is 0.471. The van der Waals surface area contributed by atoms with E-state index in [-0.39, 0.29) is 5.75 Å².